The summed E-state index contributed by atoms with van der Waals surface area (Å²) in [7, 11) is 0. The quantitative estimate of drug-likeness (QED) is 0.589. The predicted octanol–water partition coefficient (Wildman–Crippen LogP) is -0.581. The molecular weight excluding hydrogens is 299 g/mol. The van der Waals surface area contributed by atoms with Crippen LogP contribution in [0.15, 0.2) is 0 Å². The summed E-state index contributed by atoms with van der Waals surface area (Å²) in [5.41, 5.74) is 0. The molecule has 3 nitrogen and oxygen atoms in total. The summed E-state index contributed by atoms with van der Waals surface area (Å²) in [5, 5.41) is 13.9. The monoisotopic (exact) mass is 306 g/mol. The molecule has 0 aromatic heterocycles. The molecule has 0 aliphatic carbocycles. The Morgan fingerprint density at radius 3 is 1.33 bits per heavy atom. The van der Waals surface area contributed by atoms with Gasteiger partial charge in [-0.1, -0.05) is 0 Å². The van der Waals surface area contributed by atoms with Crippen molar-refractivity contribution in [3.8, 4) is 0 Å². The normalized spacial score (nSPS) is 4.00. The van der Waals surface area contributed by atoms with E-state index < -0.39 is 6.16 Å². The Hall–Kier alpha value is 0.542. The zero-order valence-electron chi connectivity index (χ0n) is 3.01. The van der Waals surface area contributed by atoms with Gasteiger partial charge in [-0.25, -0.2) is 4.79 Å². The number of rotatable bonds is 0. The van der Waals surface area contributed by atoms with E-state index in [0.29, 0.717) is 0 Å². The number of carbonyl (C=O) groups is 1. The van der Waals surface area contributed by atoms with Gasteiger partial charge in [0.1, 0.15) is 0 Å². The van der Waals surface area contributed by atoms with Gasteiger partial charge in [-0.3, -0.25) is 0 Å². The Bertz CT molecular complexity index is 33.8. The van der Waals surface area contributed by atoms with Gasteiger partial charge in [-0.2, -0.15) is 13.5 Å². The molecule has 0 atom stereocenters. The standard InChI is InChI=1S/CH2O3.Pb.H2S.2H/c2-1(3)4;;;;/h(H2,2,3,4);;1H2;;. The molecule has 0 aromatic carbocycles. The van der Waals surface area contributed by atoms with Gasteiger partial charge < -0.3 is 10.2 Å². The first-order valence-corrected chi connectivity index (χ1v) is 0.651. The van der Waals surface area contributed by atoms with Crippen LogP contribution in [-0.4, -0.2) is 43.7 Å². The van der Waals surface area contributed by atoms with Crippen LogP contribution in [0.3, 0.4) is 0 Å². The van der Waals surface area contributed by atoms with Gasteiger partial charge in [-0.15, -0.1) is 0 Å². The summed E-state index contributed by atoms with van der Waals surface area (Å²) in [5.74, 6) is 0. The summed E-state index contributed by atoms with van der Waals surface area (Å²) in [6, 6.07) is 0. The maximum atomic E-state index is 8.56. The third-order valence-electron chi connectivity index (χ3n) is 0. The molecule has 5 heteroatoms. The van der Waals surface area contributed by atoms with Crippen molar-refractivity contribution in [3.05, 3.63) is 0 Å². The van der Waals surface area contributed by atoms with Crippen molar-refractivity contribution >= 4 is 46.9 Å². The molecule has 0 heterocycles. The average molecular weight is 305 g/mol. The van der Waals surface area contributed by atoms with E-state index in [1.807, 2.05) is 0 Å². The Balaban J connectivity index is -0.0000000450. The van der Waals surface area contributed by atoms with Crippen LogP contribution in [0.1, 0.15) is 0 Å². The molecule has 0 aliphatic heterocycles. The van der Waals surface area contributed by atoms with Gasteiger partial charge in [0.25, 0.3) is 0 Å². The van der Waals surface area contributed by atoms with Crippen LogP contribution in [0.4, 0.5) is 4.79 Å². The molecule has 38 valence electrons. The number of carboxylic acid groups (broad SMARTS) is 2. The third kappa shape index (κ3) is 194. The molecule has 0 amide bonds. The molecule has 0 rings (SSSR count). The van der Waals surface area contributed by atoms with Gasteiger partial charge in [0, 0.05) is 0 Å². The molecule has 0 saturated carbocycles. The van der Waals surface area contributed by atoms with E-state index in [1.54, 1.807) is 0 Å². The van der Waals surface area contributed by atoms with Crippen LogP contribution in [0.25, 0.3) is 0 Å². The molecule has 0 fully saturated rings. The first kappa shape index (κ1) is 16.0. The van der Waals surface area contributed by atoms with Gasteiger partial charge in [-0.05, 0) is 0 Å². The first-order valence-electron chi connectivity index (χ1n) is 0.651. The average Bonchev–Trinajstić information content (AvgIpc) is 0.811. The zero-order chi connectivity index (χ0) is 3.58. The van der Waals surface area contributed by atoms with Crippen LogP contribution in [0.2, 0.25) is 0 Å². The van der Waals surface area contributed by atoms with Crippen molar-refractivity contribution in [2.45, 2.75) is 0 Å². The SMILES string of the molecule is O=C(O)O.S.[PbH2]. The van der Waals surface area contributed by atoms with Gasteiger partial charge in [0.2, 0.25) is 0 Å². The van der Waals surface area contributed by atoms with E-state index in [4.69, 9.17) is 15.0 Å². The third-order valence-corrected chi connectivity index (χ3v) is 0. The van der Waals surface area contributed by atoms with Gasteiger partial charge >= 0.3 is 33.5 Å². The van der Waals surface area contributed by atoms with Crippen molar-refractivity contribution in [3.63, 3.8) is 0 Å². The summed E-state index contributed by atoms with van der Waals surface area (Å²) < 4.78 is 0. The fraction of sp³-hybridized carbons (Fsp3) is 0. The van der Waals surface area contributed by atoms with E-state index in [0.717, 1.165) is 0 Å². The van der Waals surface area contributed by atoms with E-state index in [9.17, 15) is 0 Å². The Morgan fingerprint density at radius 1 is 1.33 bits per heavy atom. The van der Waals surface area contributed by atoms with Crippen molar-refractivity contribution in [1.29, 1.82) is 0 Å². The second-order valence-corrected chi connectivity index (χ2v) is 0.283. The molecule has 0 bridgehead atoms. The van der Waals surface area contributed by atoms with Crippen molar-refractivity contribution in [2.75, 3.05) is 0 Å². The van der Waals surface area contributed by atoms with Crippen LogP contribution in [-0.2, 0) is 0 Å². The number of hydrogen-bond acceptors (Lipinski definition) is 1. The predicted molar refractivity (Wildman–Crippen MR) is 29.6 cm³/mol. The van der Waals surface area contributed by atoms with Crippen LogP contribution in [0, 0.1) is 0 Å². The van der Waals surface area contributed by atoms with E-state index >= 15 is 0 Å². The van der Waals surface area contributed by atoms with Gasteiger partial charge in [0.15, 0.2) is 0 Å². The molecular formula is CH6O3PbS. The molecule has 0 aromatic rings. The molecule has 0 unspecified atom stereocenters. The molecule has 0 spiro atoms. The van der Waals surface area contributed by atoms with Crippen molar-refractivity contribution < 1.29 is 15.0 Å². The molecule has 2 N–H and O–H groups in total. The number of hydrogen-bond donors (Lipinski definition) is 2. The summed E-state index contributed by atoms with van der Waals surface area (Å²) in [4.78, 5) is 8.56. The zero-order valence-corrected chi connectivity index (χ0v) is 9.51. The second kappa shape index (κ2) is 9.11. The summed E-state index contributed by atoms with van der Waals surface area (Å²) in [6.07, 6.45) is -1.83. The summed E-state index contributed by atoms with van der Waals surface area (Å²) >= 11 is 0. The summed E-state index contributed by atoms with van der Waals surface area (Å²) in [6.45, 7) is 0. The Labute approximate surface area is 62.0 Å². The second-order valence-electron chi connectivity index (χ2n) is 0.283. The van der Waals surface area contributed by atoms with E-state index in [2.05, 4.69) is 0 Å². The topological polar surface area (TPSA) is 57.5 Å². The minimum absolute atomic E-state index is 0. The Morgan fingerprint density at radius 2 is 1.33 bits per heavy atom. The van der Waals surface area contributed by atoms with Crippen molar-refractivity contribution in [2.24, 2.45) is 0 Å². The fourth-order valence-corrected chi connectivity index (χ4v) is 0. The molecule has 2 radical (unpaired) electrons. The molecule has 0 aliphatic rings. The van der Waals surface area contributed by atoms with Gasteiger partial charge in [0.05, 0.1) is 0 Å². The first-order chi connectivity index (χ1) is 1.73. The van der Waals surface area contributed by atoms with Crippen LogP contribution >= 0.6 is 13.5 Å². The van der Waals surface area contributed by atoms with Crippen molar-refractivity contribution in [1.82, 2.24) is 0 Å². The molecule has 0 saturated heterocycles. The minimum atomic E-state index is -1.83. The Kier molecular flexibility index (Phi) is 24.3. The van der Waals surface area contributed by atoms with Crippen LogP contribution < -0.4 is 0 Å². The molecule has 6 heavy (non-hydrogen) atoms. The van der Waals surface area contributed by atoms with Crippen LogP contribution in [0.5, 0.6) is 0 Å². The maximum absolute atomic E-state index is 8.56. The fourth-order valence-electron chi connectivity index (χ4n) is 0. The van der Waals surface area contributed by atoms with E-state index in [-0.39, 0.29) is 40.8 Å². The van der Waals surface area contributed by atoms with E-state index in [1.165, 1.54) is 0 Å².